The normalized spacial score (nSPS) is 17.0. The number of carbonyl (C=O) groups is 2. The Bertz CT molecular complexity index is 209. The molecule has 68 valence electrons. The molecule has 0 unspecified atom stereocenters. The Morgan fingerprint density at radius 3 is 2.25 bits per heavy atom. The van der Waals surface area contributed by atoms with Crippen molar-refractivity contribution in [2.24, 2.45) is 5.92 Å². The third-order valence-corrected chi connectivity index (χ3v) is 1.94. The van der Waals surface area contributed by atoms with Crippen LogP contribution < -0.4 is 0 Å². The predicted octanol–water partition coefficient (Wildman–Crippen LogP) is -0.316. The van der Waals surface area contributed by atoms with Crippen LogP contribution in [0.2, 0.25) is 0 Å². The topological polar surface area (TPSA) is 60.9 Å². The van der Waals surface area contributed by atoms with Crippen molar-refractivity contribution in [3.05, 3.63) is 0 Å². The van der Waals surface area contributed by atoms with Gasteiger partial charge in [-0.3, -0.25) is 4.79 Å². The van der Waals surface area contributed by atoms with Crippen LogP contribution in [-0.2, 0) is 4.79 Å². The fraction of sp³-hybridized carbons (Fsp3) is 0.714. The average molecular weight is 172 g/mol. The molecule has 0 aromatic rings. The summed E-state index contributed by atoms with van der Waals surface area (Å²) in [6.45, 7) is 0.679. The molecule has 1 N–H and O–H groups in total. The maximum atomic E-state index is 11.2. The summed E-state index contributed by atoms with van der Waals surface area (Å²) in [7, 11) is 3.34. The number of hydrogen-bond donors (Lipinski definition) is 1. The van der Waals surface area contributed by atoms with Gasteiger partial charge in [-0.15, -0.1) is 0 Å². The Hall–Kier alpha value is -1.26. The van der Waals surface area contributed by atoms with Crippen LogP contribution in [0.4, 0.5) is 4.79 Å². The minimum atomic E-state index is -0.946. The van der Waals surface area contributed by atoms with E-state index in [4.69, 9.17) is 5.11 Å². The highest BCUT2D eigenvalue weighted by atomic mass is 16.4. The van der Waals surface area contributed by atoms with E-state index in [1.165, 1.54) is 9.80 Å². The summed E-state index contributed by atoms with van der Waals surface area (Å²) in [5.41, 5.74) is 0. The van der Waals surface area contributed by atoms with Crippen LogP contribution in [0.5, 0.6) is 0 Å². The van der Waals surface area contributed by atoms with Crippen molar-refractivity contribution in [3.63, 3.8) is 0 Å². The molecule has 1 aliphatic heterocycles. The fourth-order valence-corrected chi connectivity index (χ4v) is 1.16. The van der Waals surface area contributed by atoms with Gasteiger partial charge in [-0.05, 0) is 0 Å². The quantitative estimate of drug-likeness (QED) is 0.590. The molecule has 0 atom stereocenters. The van der Waals surface area contributed by atoms with Crippen LogP contribution in [-0.4, -0.2) is 54.1 Å². The van der Waals surface area contributed by atoms with Crippen LogP contribution in [0.15, 0.2) is 0 Å². The van der Waals surface area contributed by atoms with E-state index in [0.717, 1.165) is 0 Å². The lowest BCUT2D eigenvalue weighted by molar-refractivity contribution is -0.137. The first-order valence-corrected chi connectivity index (χ1v) is 3.71. The number of rotatable bonds is 1. The summed E-state index contributed by atoms with van der Waals surface area (Å²) in [5, 5.41) is 8.47. The minimum Gasteiger partial charge on any atom is -0.465 e. The van der Waals surface area contributed by atoms with Crippen LogP contribution >= 0.6 is 0 Å². The zero-order valence-electron chi connectivity index (χ0n) is 7.15. The van der Waals surface area contributed by atoms with E-state index in [1.54, 1.807) is 14.1 Å². The number of nitrogens with zero attached hydrogens (tertiary/aromatic N) is 2. The van der Waals surface area contributed by atoms with Gasteiger partial charge in [0.15, 0.2) is 0 Å². The highest BCUT2D eigenvalue weighted by Crippen LogP contribution is 2.16. The Balaban J connectivity index is 2.35. The molecule has 5 heteroatoms. The Kier molecular flexibility index (Phi) is 2.21. The van der Waals surface area contributed by atoms with E-state index in [-0.39, 0.29) is 11.8 Å². The van der Waals surface area contributed by atoms with Crippen molar-refractivity contribution >= 4 is 12.0 Å². The molecule has 1 heterocycles. The van der Waals surface area contributed by atoms with Gasteiger partial charge >= 0.3 is 6.09 Å². The van der Waals surface area contributed by atoms with E-state index in [1.807, 2.05) is 0 Å². The van der Waals surface area contributed by atoms with E-state index in [2.05, 4.69) is 0 Å². The molecule has 12 heavy (non-hydrogen) atoms. The lowest BCUT2D eigenvalue weighted by Gasteiger charge is -2.37. The number of likely N-dealkylation sites (tertiary alicyclic amines) is 1. The predicted molar refractivity (Wildman–Crippen MR) is 41.8 cm³/mol. The van der Waals surface area contributed by atoms with Gasteiger partial charge < -0.3 is 14.9 Å². The van der Waals surface area contributed by atoms with E-state index in [9.17, 15) is 9.59 Å². The molecular weight excluding hydrogens is 160 g/mol. The summed E-state index contributed by atoms with van der Waals surface area (Å²) in [4.78, 5) is 24.2. The third kappa shape index (κ3) is 1.49. The summed E-state index contributed by atoms with van der Waals surface area (Å²) in [5.74, 6) is -0.122. The van der Waals surface area contributed by atoms with E-state index in [0.29, 0.717) is 13.1 Å². The molecule has 1 rings (SSSR count). The Morgan fingerprint density at radius 2 is 1.92 bits per heavy atom. The molecular formula is C7H12N2O3. The van der Waals surface area contributed by atoms with Crippen LogP contribution in [0.3, 0.4) is 0 Å². The van der Waals surface area contributed by atoms with Crippen molar-refractivity contribution in [1.29, 1.82) is 0 Å². The average Bonchev–Trinajstić information content (AvgIpc) is 1.82. The summed E-state index contributed by atoms with van der Waals surface area (Å²) in [6, 6.07) is 0. The van der Waals surface area contributed by atoms with Crippen molar-refractivity contribution in [1.82, 2.24) is 9.80 Å². The van der Waals surface area contributed by atoms with Crippen LogP contribution in [0.25, 0.3) is 0 Å². The maximum Gasteiger partial charge on any atom is 0.407 e. The summed E-state index contributed by atoms with van der Waals surface area (Å²) < 4.78 is 0. The van der Waals surface area contributed by atoms with Gasteiger partial charge in [0, 0.05) is 27.2 Å². The number of carboxylic acid groups (broad SMARTS) is 1. The first-order chi connectivity index (χ1) is 5.52. The molecule has 0 aromatic heterocycles. The van der Waals surface area contributed by atoms with Crippen molar-refractivity contribution in [2.75, 3.05) is 27.2 Å². The number of carbonyl (C=O) groups excluding carboxylic acids is 1. The third-order valence-electron chi connectivity index (χ3n) is 1.94. The lowest BCUT2D eigenvalue weighted by Crippen LogP contribution is -2.55. The van der Waals surface area contributed by atoms with Crippen molar-refractivity contribution in [3.8, 4) is 0 Å². The van der Waals surface area contributed by atoms with Gasteiger partial charge in [-0.2, -0.15) is 0 Å². The molecule has 0 spiro atoms. The first-order valence-electron chi connectivity index (χ1n) is 3.71. The van der Waals surface area contributed by atoms with Gasteiger partial charge in [0.1, 0.15) is 0 Å². The SMILES string of the molecule is CN(C)C(=O)C1CN(C(=O)O)C1. The molecule has 0 bridgehead atoms. The maximum absolute atomic E-state index is 11.2. The highest BCUT2D eigenvalue weighted by Gasteiger charge is 2.36. The first kappa shape index (κ1) is 8.83. The monoisotopic (exact) mass is 172 g/mol. The molecule has 2 amide bonds. The zero-order chi connectivity index (χ0) is 9.30. The summed E-state index contributed by atoms with van der Waals surface area (Å²) >= 11 is 0. The molecule has 0 aliphatic carbocycles. The standard InChI is InChI=1S/C7H12N2O3/c1-8(2)6(10)5-3-9(4-5)7(11)12/h5H,3-4H2,1-2H3,(H,11,12). The second-order valence-corrected chi connectivity index (χ2v) is 3.12. The van der Waals surface area contributed by atoms with Crippen LogP contribution in [0.1, 0.15) is 0 Å². The lowest BCUT2D eigenvalue weighted by atomic mass is 10.00. The van der Waals surface area contributed by atoms with Gasteiger partial charge in [-0.25, -0.2) is 4.79 Å². The Labute approximate surface area is 70.6 Å². The molecule has 1 fully saturated rings. The fourth-order valence-electron chi connectivity index (χ4n) is 1.16. The van der Waals surface area contributed by atoms with E-state index >= 15 is 0 Å². The molecule has 0 aromatic carbocycles. The van der Waals surface area contributed by atoms with Crippen LogP contribution in [0, 0.1) is 5.92 Å². The van der Waals surface area contributed by atoms with Gasteiger partial charge in [0.2, 0.25) is 5.91 Å². The number of hydrogen-bond acceptors (Lipinski definition) is 2. The molecule has 1 saturated heterocycles. The Morgan fingerprint density at radius 1 is 1.42 bits per heavy atom. The van der Waals surface area contributed by atoms with Crippen molar-refractivity contribution < 1.29 is 14.7 Å². The second-order valence-electron chi connectivity index (χ2n) is 3.12. The molecule has 0 saturated carbocycles. The van der Waals surface area contributed by atoms with Gasteiger partial charge in [0.05, 0.1) is 5.92 Å². The summed E-state index contributed by atoms with van der Waals surface area (Å²) in [6.07, 6.45) is -0.946. The second kappa shape index (κ2) is 3.00. The van der Waals surface area contributed by atoms with E-state index < -0.39 is 6.09 Å². The highest BCUT2D eigenvalue weighted by molar-refractivity contribution is 5.81. The van der Waals surface area contributed by atoms with Gasteiger partial charge in [0.25, 0.3) is 0 Å². The van der Waals surface area contributed by atoms with Gasteiger partial charge in [-0.1, -0.05) is 0 Å². The molecule has 1 aliphatic rings. The zero-order valence-corrected chi connectivity index (χ0v) is 7.15. The van der Waals surface area contributed by atoms with Crippen molar-refractivity contribution in [2.45, 2.75) is 0 Å². The minimum absolute atomic E-state index is 0.00694. The smallest absolute Gasteiger partial charge is 0.407 e. The molecule has 5 nitrogen and oxygen atoms in total. The largest absolute Gasteiger partial charge is 0.465 e. The number of amides is 2. The molecule has 0 radical (unpaired) electrons.